The maximum absolute atomic E-state index is 14.1. The van der Waals surface area contributed by atoms with E-state index in [-0.39, 0.29) is 17.7 Å². The van der Waals surface area contributed by atoms with Crippen LogP contribution in [0, 0.1) is 5.82 Å². The predicted octanol–water partition coefficient (Wildman–Crippen LogP) is 3.87. The number of carbonyl (C=O) groups excluding carboxylic acids is 1. The zero-order chi connectivity index (χ0) is 20.2. The van der Waals surface area contributed by atoms with E-state index in [1.165, 1.54) is 11.0 Å². The molecule has 4 rings (SSSR count). The average Bonchev–Trinajstić information content (AvgIpc) is 2.92. The van der Waals surface area contributed by atoms with Crippen LogP contribution in [0.15, 0.2) is 23.0 Å². The van der Waals surface area contributed by atoms with Crippen molar-refractivity contribution >= 4 is 23.3 Å². The molecule has 1 aromatic carbocycles. The maximum Gasteiger partial charge on any atom is 0.417 e. The van der Waals surface area contributed by atoms with Crippen LogP contribution in [0.4, 0.5) is 28.0 Å². The Bertz CT molecular complexity index is 1020. The molecule has 1 aromatic heterocycles. The summed E-state index contributed by atoms with van der Waals surface area (Å²) in [6.45, 7) is 0. The van der Waals surface area contributed by atoms with Gasteiger partial charge in [0.1, 0.15) is 5.82 Å². The molecule has 3 heterocycles. The topological polar surface area (TPSA) is 78.1 Å². The number of hydrogen-bond donors (Lipinski definition) is 2. The van der Waals surface area contributed by atoms with Gasteiger partial charge >= 0.3 is 12.2 Å². The fourth-order valence-electron chi connectivity index (χ4n) is 3.86. The first-order chi connectivity index (χ1) is 13.1. The van der Waals surface area contributed by atoms with Crippen molar-refractivity contribution in [3.63, 3.8) is 0 Å². The van der Waals surface area contributed by atoms with E-state index in [1.807, 2.05) is 0 Å². The van der Waals surface area contributed by atoms with E-state index in [4.69, 9.17) is 11.6 Å². The summed E-state index contributed by atoms with van der Waals surface area (Å²) >= 11 is 5.61. The molecule has 2 aliphatic heterocycles. The van der Waals surface area contributed by atoms with Crippen LogP contribution < -0.4 is 10.9 Å². The molecule has 2 N–H and O–H groups in total. The van der Waals surface area contributed by atoms with Gasteiger partial charge in [0.15, 0.2) is 0 Å². The molecule has 0 spiro atoms. The number of H-pyrrole nitrogens is 1. The lowest BCUT2D eigenvalue weighted by molar-refractivity contribution is -0.137. The molecule has 2 amide bonds. The first kappa shape index (κ1) is 18.7. The zero-order valence-electron chi connectivity index (χ0n) is 14.1. The first-order valence-electron chi connectivity index (χ1n) is 8.39. The van der Waals surface area contributed by atoms with Gasteiger partial charge in [0.05, 0.1) is 28.0 Å². The minimum Gasteiger partial charge on any atom is -0.313 e. The molecule has 2 aliphatic rings. The third-order valence-corrected chi connectivity index (χ3v) is 5.35. The minimum absolute atomic E-state index is 0.214. The fraction of sp³-hybridized carbons (Fsp3) is 0.353. The number of benzene rings is 1. The average molecular weight is 417 g/mol. The van der Waals surface area contributed by atoms with Crippen LogP contribution in [0.1, 0.15) is 35.7 Å². The highest BCUT2D eigenvalue weighted by molar-refractivity contribution is 6.31. The van der Waals surface area contributed by atoms with Gasteiger partial charge in [-0.15, -0.1) is 0 Å². The number of nitrogens with zero attached hydrogens (tertiary/aromatic N) is 2. The number of nitrogens with one attached hydrogen (secondary N) is 2. The van der Waals surface area contributed by atoms with Gasteiger partial charge in [0, 0.05) is 12.1 Å². The number of rotatable bonds is 1. The normalized spacial score (nSPS) is 20.8. The molecule has 0 saturated carbocycles. The highest BCUT2D eigenvalue weighted by Crippen LogP contribution is 2.43. The number of halogens is 5. The van der Waals surface area contributed by atoms with Crippen LogP contribution in [0.25, 0.3) is 0 Å². The van der Waals surface area contributed by atoms with Crippen LogP contribution in [-0.2, 0) is 12.6 Å². The van der Waals surface area contributed by atoms with Gasteiger partial charge in [-0.05, 0) is 37.0 Å². The number of aromatic nitrogens is 2. The summed E-state index contributed by atoms with van der Waals surface area (Å²) in [6, 6.07) is 1.16. The molecular formula is C17H13ClF4N4O2. The van der Waals surface area contributed by atoms with E-state index in [2.05, 4.69) is 15.5 Å². The summed E-state index contributed by atoms with van der Waals surface area (Å²) in [6.07, 6.45) is -3.11. The SMILES string of the molecule is O=C(Nc1cc(Cl)c(C(F)(F)F)cc1F)N1C2CCC1c1n[nH]c(=O)cc1C2. The number of carbonyl (C=O) groups is 1. The van der Waals surface area contributed by atoms with E-state index in [0.29, 0.717) is 25.0 Å². The Kier molecular flexibility index (Phi) is 4.33. The lowest BCUT2D eigenvalue weighted by Gasteiger charge is -2.35. The van der Waals surface area contributed by atoms with Crippen LogP contribution >= 0.6 is 11.6 Å². The van der Waals surface area contributed by atoms with Gasteiger partial charge in [-0.2, -0.15) is 18.3 Å². The van der Waals surface area contributed by atoms with Crippen LogP contribution in [0.2, 0.25) is 5.02 Å². The second kappa shape index (κ2) is 6.47. The van der Waals surface area contributed by atoms with E-state index in [0.717, 1.165) is 11.6 Å². The molecule has 0 radical (unpaired) electrons. The van der Waals surface area contributed by atoms with Crippen LogP contribution in [-0.4, -0.2) is 27.2 Å². The highest BCUT2D eigenvalue weighted by atomic mass is 35.5. The molecule has 2 unspecified atom stereocenters. The number of alkyl halides is 3. The van der Waals surface area contributed by atoms with Crippen molar-refractivity contribution < 1.29 is 22.4 Å². The lowest BCUT2D eigenvalue weighted by atomic mass is 9.99. The molecule has 2 atom stereocenters. The predicted molar refractivity (Wildman–Crippen MR) is 91.6 cm³/mol. The maximum atomic E-state index is 14.1. The molecule has 2 aromatic rings. The number of aromatic amines is 1. The summed E-state index contributed by atoms with van der Waals surface area (Å²) in [5, 5.41) is 7.96. The Labute approximate surface area is 160 Å². The molecule has 1 saturated heterocycles. The first-order valence-corrected chi connectivity index (χ1v) is 8.77. The Morgan fingerprint density at radius 3 is 2.75 bits per heavy atom. The summed E-state index contributed by atoms with van der Waals surface area (Å²) in [5.74, 6) is -1.24. The van der Waals surface area contributed by atoms with E-state index >= 15 is 0 Å². The molecular weight excluding hydrogens is 404 g/mol. The van der Waals surface area contributed by atoms with Crippen molar-refractivity contribution in [1.82, 2.24) is 15.1 Å². The van der Waals surface area contributed by atoms with E-state index in [1.54, 1.807) is 0 Å². The van der Waals surface area contributed by atoms with Crippen LogP contribution in [0.5, 0.6) is 0 Å². The third kappa shape index (κ3) is 3.11. The van der Waals surface area contributed by atoms with Crippen molar-refractivity contribution in [1.29, 1.82) is 0 Å². The number of anilines is 1. The van der Waals surface area contributed by atoms with Gasteiger partial charge in [-0.3, -0.25) is 4.79 Å². The Morgan fingerprint density at radius 2 is 2.04 bits per heavy atom. The molecule has 1 fully saturated rings. The zero-order valence-corrected chi connectivity index (χ0v) is 14.9. The Balaban J connectivity index is 1.61. The van der Waals surface area contributed by atoms with Crippen molar-refractivity contribution in [3.05, 3.63) is 56.2 Å². The summed E-state index contributed by atoms with van der Waals surface area (Å²) in [5.41, 5.74) is -0.775. The van der Waals surface area contributed by atoms with Crippen LogP contribution in [0.3, 0.4) is 0 Å². The smallest absolute Gasteiger partial charge is 0.313 e. The van der Waals surface area contributed by atoms with Gasteiger partial charge in [0.2, 0.25) is 0 Å². The molecule has 148 valence electrons. The largest absolute Gasteiger partial charge is 0.417 e. The van der Waals surface area contributed by atoms with E-state index in [9.17, 15) is 27.2 Å². The molecule has 28 heavy (non-hydrogen) atoms. The molecule has 11 heteroatoms. The molecule has 6 nitrogen and oxygen atoms in total. The lowest BCUT2D eigenvalue weighted by Crippen LogP contribution is -2.45. The van der Waals surface area contributed by atoms with Crippen molar-refractivity contribution in [2.24, 2.45) is 0 Å². The number of hydrogen-bond acceptors (Lipinski definition) is 3. The molecule has 2 bridgehead atoms. The highest BCUT2D eigenvalue weighted by Gasteiger charge is 2.44. The fourth-order valence-corrected chi connectivity index (χ4v) is 4.13. The van der Waals surface area contributed by atoms with E-state index < -0.39 is 40.3 Å². The second-order valence-corrected chi connectivity index (χ2v) is 7.15. The Morgan fingerprint density at radius 1 is 1.29 bits per heavy atom. The quantitative estimate of drug-likeness (QED) is 0.693. The number of fused-ring (bicyclic) bond motifs is 4. The van der Waals surface area contributed by atoms with Crippen molar-refractivity contribution in [2.75, 3.05) is 5.32 Å². The van der Waals surface area contributed by atoms with Crippen molar-refractivity contribution in [2.45, 2.75) is 37.5 Å². The monoisotopic (exact) mass is 416 g/mol. The summed E-state index contributed by atoms with van der Waals surface area (Å²) < 4.78 is 52.6. The number of amides is 2. The van der Waals surface area contributed by atoms with Gasteiger partial charge in [-0.25, -0.2) is 14.3 Å². The van der Waals surface area contributed by atoms with Gasteiger partial charge < -0.3 is 10.2 Å². The summed E-state index contributed by atoms with van der Waals surface area (Å²) in [4.78, 5) is 25.7. The van der Waals surface area contributed by atoms with Gasteiger partial charge in [0.25, 0.3) is 5.56 Å². The standard InChI is InChI=1S/C17H13ClF4N4O2/c18-10-6-12(11(19)5-9(10)17(20,21)22)23-16(28)26-8-1-2-13(26)15-7(3-8)4-14(27)24-25-15/h4-6,8,13H,1-3H2,(H,23,28)(H,24,27). The molecule has 0 aliphatic carbocycles. The van der Waals surface area contributed by atoms with Crippen molar-refractivity contribution in [3.8, 4) is 0 Å². The van der Waals surface area contributed by atoms with Gasteiger partial charge in [-0.1, -0.05) is 11.6 Å². The minimum atomic E-state index is -4.81. The summed E-state index contributed by atoms with van der Waals surface area (Å²) in [7, 11) is 0. The number of urea groups is 1. The Hall–Kier alpha value is -2.62. The third-order valence-electron chi connectivity index (χ3n) is 5.03. The second-order valence-electron chi connectivity index (χ2n) is 6.74.